The zero-order valence-corrected chi connectivity index (χ0v) is 10.6. The molecule has 0 fully saturated rings. The van der Waals surface area contributed by atoms with E-state index in [1.54, 1.807) is 36.2 Å². The molecule has 0 aromatic heterocycles. The zero-order chi connectivity index (χ0) is 14.5. The first-order valence-corrected chi connectivity index (χ1v) is 5.81. The molecule has 106 valence electrons. The molecule has 0 spiro atoms. The van der Waals surface area contributed by atoms with Crippen LogP contribution < -0.4 is 0 Å². The van der Waals surface area contributed by atoms with Gasteiger partial charge in [-0.15, -0.1) is 0 Å². The second kappa shape index (κ2) is 6.56. The number of alkyl halides is 3. The maximum Gasteiger partial charge on any atom is 0.390 e. The van der Waals surface area contributed by atoms with Gasteiger partial charge in [-0.05, 0) is 18.2 Å². The lowest BCUT2D eigenvalue weighted by Crippen LogP contribution is -2.24. The number of rotatable bonds is 6. The lowest BCUT2D eigenvalue weighted by Gasteiger charge is -2.17. The Hall–Kier alpha value is -1.56. The van der Waals surface area contributed by atoms with Crippen LogP contribution in [0.5, 0.6) is 0 Å². The van der Waals surface area contributed by atoms with Crippen molar-refractivity contribution >= 4 is 5.97 Å². The molecule has 0 atom stereocenters. The summed E-state index contributed by atoms with van der Waals surface area (Å²) in [5.74, 6) is -0.907. The average molecular weight is 275 g/mol. The van der Waals surface area contributed by atoms with Crippen LogP contribution >= 0.6 is 0 Å². The summed E-state index contributed by atoms with van der Waals surface area (Å²) < 4.78 is 36.1. The first kappa shape index (κ1) is 15.5. The van der Waals surface area contributed by atoms with E-state index in [0.717, 1.165) is 5.56 Å². The fourth-order valence-corrected chi connectivity index (χ4v) is 1.65. The molecule has 1 rings (SSSR count). The molecule has 3 nitrogen and oxygen atoms in total. The fourth-order valence-electron chi connectivity index (χ4n) is 1.65. The number of halogens is 3. The van der Waals surface area contributed by atoms with Gasteiger partial charge in [0.15, 0.2) is 0 Å². The molecule has 1 N–H and O–H groups in total. The molecule has 0 unspecified atom stereocenters. The molecule has 1 aromatic carbocycles. The summed E-state index contributed by atoms with van der Waals surface area (Å²) in [5.41, 5.74) is 1.54. The number of aliphatic carboxylic acids is 1. The normalized spacial score (nSPS) is 11.8. The molecular weight excluding hydrogens is 259 g/mol. The van der Waals surface area contributed by atoms with Gasteiger partial charge in [0.25, 0.3) is 0 Å². The number of carbonyl (C=O) groups is 1. The number of benzene rings is 1. The summed E-state index contributed by atoms with van der Waals surface area (Å²) in [6, 6.07) is 6.84. The predicted molar refractivity (Wildman–Crippen MR) is 64.8 cm³/mol. The molecule has 0 saturated heterocycles. The van der Waals surface area contributed by atoms with Gasteiger partial charge in [-0.2, -0.15) is 13.2 Å². The summed E-state index contributed by atoms with van der Waals surface area (Å²) in [7, 11) is 1.62. The molecule has 0 saturated carbocycles. The summed E-state index contributed by atoms with van der Waals surface area (Å²) in [4.78, 5) is 12.1. The zero-order valence-electron chi connectivity index (χ0n) is 10.6. The van der Waals surface area contributed by atoms with Crippen LogP contribution in [0.15, 0.2) is 24.3 Å². The van der Waals surface area contributed by atoms with Crippen molar-refractivity contribution in [2.45, 2.75) is 25.6 Å². The largest absolute Gasteiger partial charge is 0.481 e. The van der Waals surface area contributed by atoms with Gasteiger partial charge in [-0.25, -0.2) is 0 Å². The predicted octanol–water partition coefficient (Wildman–Crippen LogP) is 2.70. The average Bonchev–Trinajstić information content (AvgIpc) is 2.28. The molecule has 19 heavy (non-hydrogen) atoms. The van der Waals surface area contributed by atoms with Crippen LogP contribution in [-0.2, 0) is 17.8 Å². The molecule has 0 aliphatic rings. The minimum Gasteiger partial charge on any atom is -0.481 e. The third-order valence-electron chi connectivity index (χ3n) is 2.61. The third kappa shape index (κ3) is 6.81. The van der Waals surface area contributed by atoms with E-state index in [9.17, 15) is 18.0 Å². The van der Waals surface area contributed by atoms with Crippen LogP contribution in [0.1, 0.15) is 17.5 Å². The van der Waals surface area contributed by atoms with Crippen molar-refractivity contribution in [2.75, 3.05) is 13.6 Å². The molecule has 0 radical (unpaired) electrons. The molecule has 0 amide bonds. The molecule has 1 aromatic rings. The van der Waals surface area contributed by atoms with Gasteiger partial charge in [0.1, 0.15) is 0 Å². The summed E-state index contributed by atoms with van der Waals surface area (Å²) in [6.07, 6.45) is -5.02. The Morgan fingerprint density at radius 2 is 1.74 bits per heavy atom. The molecular formula is C13H16F3NO2. The van der Waals surface area contributed by atoms with Crippen LogP contribution in [0, 0.1) is 0 Å². The SMILES string of the molecule is CN(CCC(F)(F)F)Cc1ccc(CC(=O)O)cc1. The van der Waals surface area contributed by atoms with Crippen molar-refractivity contribution in [1.29, 1.82) is 0 Å². The van der Waals surface area contributed by atoms with E-state index in [0.29, 0.717) is 12.1 Å². The van der Waals surface area contributed by atoms with Gasteiger partial charge in [0, 0.05) is 13.1 Å². The molecule has 6 heteroatoms. The van der Waals surface area contributed by atoms with Gasteiger partial charge in [-0.3, -0.25) is 4.79 Å². The summed E-state index contributed by atoms with van der Waals surface area (Å²) >= 11 is 0. The monoisotopic (exact) mass is 275 g/mol. The highest BCUT2D eigenvalue weighted by atomic mass is 19.4. The Kier molecular flexibility index (Phi) is 5.35. The van der Waals surface area contributed by atoms with Gasteiger partial charge in [0.2, 0.25) is 0 Å². The topological polar surface area (TPSA) is 40.5 Å². The van der Waals surface area contributed by atoms with Crippen molar-refractivity contribution in [3.63, 3.8) is 0 Å². The van der Waals surface area contributed by atoms with Crippen molar-refractivity contribution in [2.24, 2.45) is 0 Å². The van der Waals surface area contributed by atoms with E-state index in [2.05, 4.69) is 0 Å². The van der Waals surface area contributed by atoms with Crippen LogP contribution in [0.25, 0.3) is 0 Å². The van der Waals surface area contributed by atoms with Crippen molar-refractivity contribution in [1.82, 2.24) is 4.90 Å². The number of nitrogens with zero attached hydrogens (tertiary/aromatic N) is 1. The molecule has 0 heterocycles. The third-order valence-corrected chi connectivity index (χ3v) is 2.61. The van der Waals surface area contributed by atoms with Gasteiger partial charge in [0.05, 0.1) is 12.8 Å². The number of carboxylic acids is 1. The van der Waals surface area contributed by atoms with E-state index in [4.69, 9.17) is 5.11 Å². The van der Waals surface area contributed by atoms with E-state index in [1.807, 2.05) is 0 Å². The highest BCUT2D eigenvalue weighted by Gasteiger charge is 2.26. The first-order chi connectivity index (χ1) is 8.76. The maximum atomic E-state index is 12.0. The molecule has 0 bridgehead atoms. The minimum atomic E-state index is -4.14. The Bertz CT molecular complexity index is 415. The first-order valence-electron chi connectivity index (χ1n) is 5.81. The van der Waals surface area contributed by atoms with Gasteiger partial charge < -0.3 is 10.0 Å². The Balaban J connectivity index is 2.46. The van der Waals surface area contributed by atoms with Crippen LogP contribution in [0.2, 0.25) is 0 Å². The molecule has 0 aliphatic carbocycles. The van der Waals surface area contributed by atoms with E-state index in [-0.39, 0.29) is 13.0 Å². The Morgan fingerprint density at radius 1 is 1.21 bits per heavy atom. The lowest BCUT2D eigenvalue weighted by molar-refractivity contribution is -0.138. The Labute approximate surface area is 109 Å². The number of hydrogen-bond acceptors (Lipinski definition) is 2. The quantitative estimate of drug-likeness (QED) is 0.867. The van der Waals surface area contributed by atoms with Crippen LogP contribution in [0.3, 0.4) is 0 Å². The van der Waals surface area contributed by atoms with Crippen LogP contribution in [-0.4, -0.2) is 35.7 Å². The number of hydrogen-bond donors (Lipinski definition) is 1. The molecule has 0 aliphatic heterocycles. The van der Waals surface area contributed by atoms with Crippen molar-refractivity contribution in [3.05, 3.63) is 35.4 Å². The number of carboxylic acid groups (broad SMARTS) is 1. The van der Waals surface area contributed by atoms with E-state index in [1.165, 1.54) is 0 Å². The smallest absolute Gasteiger partial charge is 0.390 e. The second-order valence-corrected chi connectivity index (χ2v) is 4.49. The highest BCUT2D eigenvalue weighted by Crippen LogP contribution is 2.19. The second-order valence-electron chi connectivity index (χ2n) is 4.49. The van der Waals surface area contributed by atoms with Crippen LogP contribution in [0.4, 0.5) is 13.2 Å². The summed E-state index contributed by atoms with van der Waals surface area (Å²) in [5, 5.41) is 8.61. The van der Waals surface area contributed by atoms with E-state index >= 15 is 0 Å². The Morgan fingerprint density at radius 3 is 2.21 bits per heavy atom. The maximum absolute atomic E-state index is 12.0. The minimum absolute atomic E-state index is 0.0514. The fraction of sp³-hybridized carbons (Fsp3) is 0.462. The van der Waals surface area contributed by atoms with Crippen molar-refractivity contribution < 1.29 is 23.1 Å². The van der Waals surface area contributed by atoms with Gasteiger partial charge >= 0.3 is 12.1 Å². The van der Waals surface area contributed by atoms with E-state index < -0.39 is 18.6 Å². The van der Waals surface area contributed by atoms with Gasteiger partial charge in [-0.1, -0.05) is 24.3 Å². The highest BCUT2D eigenvalue weighted by molar-refractivity contribution is 5.70. The van der Waals surface area contributed by atoms with Crippen molar-refractivity contribution in [3.8, 4) is 0 Å². The lowest BCUT2D eigenvalue weighted by atomic mass is 10.1. The standard InChI is InChI=1S/C13H16F3NO2/c1-17(7-6-13(14,15)16)9-11-4-2-10(3-5-11)8-12(18)19/h2-5H,6-9H2,1H3,(H,18,19). The summed E-state index contributed by atoms with van der Waals surface area (Å²) in [6.45, 7) is 0.351.